The number of aryl methyl sites for hydroxylation is 1. The van der Waals surface area contributed by atoms with Crippen LogP contribution in [0.4, 0.5) is 5.69 Å². The Morgan fingerprint density at radius 1 is 1.50 bits per heavy atom. The summed E-state index contributed by atoms with van der Waals surface area (Å²) in [4.78, 5) is 15.9. The van der Waals surface area contributed by atoms with Crippen molar-refractivity contribution in [1.82, 2.24) is 4.98 Å². The number of allylic oxidation sites excluding steroid dienone is 1. The van der Waals surface area contributed by atoms with Gasteiger partial charge in [0.1, 0.15) is 0 Å². The van der Waals surface area contributed by atoms with Crippen LogP contribution in [0.15, 0.2) is 23.9 Å². The first-order valence-electron chi connectivity index (χ1n) is 6.25. The number of anilines is 1. The molecule has 0 aromatic carbocycles. The van der Waals surface area contributed by atoms with E-state index in [0.29, 0.717) is 17.3 Å². The first kappa shape index (κ1) is 13.1. The van der Waals surface area contributed by atoms with Crippen molar-refractivity contribution in [3.63, 3.8) is 0 Å². The van der Waals surface area contributed by atoms with Crippen molar-refractivity contribution < 1.29 is 4.79 Å². The van der Waals surface area contributed by atoms with Crippen molar-refractivity contribution in [3.05, 3.63) is 34.6 Å². The number of hydrogen-bond donors (Lipinski definition) is 1. The Labute approximate surface area is 112 Å². The highest BCUT2D eigenvalue weighted by Crippen LogP contribution is 2.23. The largest absolute Gasteiger partial charge is 0.323 e. The molecule has 0 radical (unpaired) electrons. The molecule has 96 valence electrons. The molecule has 1 N–H and O–H groups in total. The highest BCUT2D eigenvalue weighted by Gasteiger charge is 2.11. The molecule has 1 heterocycles. The summed E-state index contributed by atoms with van der Waals surface area (Å²) < 4.78 is 0. The molecule has 1 aliphatic carbocycles. The van der Waals surface area contributed by atoms with E-state index in [1.165, 1.54) is 18.4 Å². The average molecular weight is 265 g/mol. The molecule has 0 aliphatic heterocycles. The third kappa shape index (κ3) is 3.57. The lowest BCUT2D eigenvalue weighted by molar-refractivity contribution is -0.115. The Morgan fingerprint density at radius 3 is 3.06 bits per heavy atom. The SMILES string of the molecule is Cc1cnc(Cl)c(NC(=O)CC2=CCCCC2)c1. The molecule has 1 amide bonds. The maximum atomic E-state index is 11.9. The second kappa shape index (κ2) is 6.01. The summed E-state index contributed by atoms with van der Waals surface area (Å²) in [6.07, 6.45) is 8.87. The lowest BCUT2D eigenvalue weighted by Gasteiger charge is -2.13. The number of halogens is 1. The summed E-state index contributed by atoms with van der Waals surface area (Å²) in [5, 5.41) is 3.16. The lowest BCUT2D eigenvalue weighted by atomic mass is 9.97. The summed E-state index contributed by atoms with van der Waals surface area (Å²) in [5.41, 5.74) is 2.81. The van der Waals surface area contributed by atoms with Gasteiger partial charge >= 0.3 is 0 Å². The first-order chi connectivity index (χ1) is 8.65. The van der Waals surface area contributed by atoms with Gasteiger partial charge in [0.25, 0.3) is 0 Å². The smallest absolute Gasteiger partial charge is 0.228 e. The number of pyridine rings is 1. The zero-order valence-corrected chi connectivity index (χ0v) is 11.3. The van der Waals surface area contributed by atoms with Crippen LogP contribution in [0, 0.1) is 6.92 Å². The Balaban J connectivity index is 1.98. The van der Waals surface area contributed by atoms with Gasteiger partial charge in [-0.05, 0) is 44.2 Å². The Bertz CT molecular complexity index is 483. The van der Waals surface area contributed by atoms with Gasteiger partial charge in [-0.1, -0.05) is 23.3 Å². The van der Waals surface area contributed by atoms with Gasteiger partial charge in [-0.2, -0.15) is 0 Å². The number of carbonyl (C=O) groups excluding carboxylic acids is 1. The van der Waals surface area contributed by atoms with Crippen LogP contribution in [0.3, 0.4) is 0 Å². The summed E-state index contributed by atoms with van der Waals surface area (Å²) >= 11 is 5.94. The minimum absolute atomic E-state index is 0.0162. The third-order valence-corrected chi connectivity index (χ3v) is 3.32. The molecule has 0 spiro atoms. The lowest BCUT2D eigenvalue weighted by Crippen LogP contribution is -2.13. The average Bonchev–Trinajstić information content (AvgIpc) is 2.35. The molecule has 0 unspecified atom stereocenters. The Morgan fingerprint density at radius 2 is 2.33 bits per heavy atom. The number of nitrogens with zero attached hydrogens (tertiary/aromatic N) is 1. The highest BCUT2D eigenvalue weighted by molar-refractivity contribution is 6.32. The molecule has 1 aromatic heterocycles. The third-order valence-electron chi connectivity index (χ3n) is 3.02. The van der Waals surface area contributed by atoms with E-state index < -0.39 is 0 Å². The molecular formula is C14H17ClN2O. The van der Waals surface area contributed by atoms with Crippen molar-refractivity contribution in [2.75, 3.05) is 5.32 Å². The van der Waals surface area contributed by atoms with Crippen molar-refractivity contribution in [3.8, 4) is 0 Å². The fourth-order valence-electron chi connectivity index (χ4n) is 2.11. The molecular weight excluding hydrogens is 248 g/mol. The first-order valence-corrected chi connectivity index (χ1v) is 6.63. The van der Waals surface area contributed by atoms with Gasteiger partial charge in [0.2, 0.25) is 5.91 Å². The standard InChI is InChI=1S/C14H17ClN2O/c1-10-7-12(14(15)16-9-10)17-13(18)8-11-5-3-2-4-6-11/h5,7,9H,2-4,6,8H2,1H3,(H,17,18). The number of rotatable bonds is 3. The molecule has 0 fully saturated rings. The van der Waals surface area contributed by atoms with E-state index in [0.717, 1.165) is 18.4 Å². The topological polar surface area (TPSA) is 42.0 Å². The minimum Gasteiger partial charge on any atom is -0.323 e. The van der Waals surface area contributed by atoms with Gasteiger partial charge in [0.05, 0.1) is 5.69 Å². The predicted octanol–water partition coefficient (Wildman–Crippen LogP) is 3.87. The van der Waals surface area contributed by atoms with E-state index in [1.807, 2.05) is 13.0 Å². The zero-order valence-electron chi connectivity index (χ0n) is 10.5. The van der Waals surface area contributed by atoms with Gasteiger partial charge in [0, 0.05) is 12.6 Å². The summed E-state index contributed by atoms with van der Waals surface area (Å²) in [6, 6.07) is 1.84. The molecule has 0 saturated heterocycles. The van der Waals surface area contributed by atoms with E-state index in [4.69, 9.17) is 11.6 Å². The van der Waals surface area contributed by atoms with Crippen LogP contribution in [-0.4, -0.2) is 10.9 Å². The van der Waals surface area contributed by atoms with Crippen molar-refractivity contribution in [1.29, 1.82) is 0 Å². The fraction of sp³-hybridized carbons (Fsp3) is 0.429. The molecule has 4 heteroatoms. The van der Waals surface area contributed by atoms with Gasteiger partial charge in [0.15, 0.2) is 5.15 Å². The summed E-state index contributed by atoms with van der Waals surface area (Å²) in [7, 11) is 0. The van der Waals surface area contributed by atoms with Crippen LogP contribution >= 0.6 is 11.6 Å². The summed E-state index contributed by atoms with van der Waals surface area (Å²) in [6.45, 7) is 1.92. The van der Waals surface area contributed by atoms with Crippen molar-refractivity contribution >= 4 is 23.2 Å². The maximum absolute atomic E-state index is 11.9. The second-order valence-corrected chi connectivity index (χ2v) is 5.04. The quantitative estimate of drug-likeness (QED) is 0.665. The number of nitrogens with one attached hydrogen (secondary N) is 1. The molecule has 1 aromatic rings. The van der Waals surface area contributed by atoms with E-state index in [1.54, 1.807) is 6.20 Å². The number of hydrogen-bond acceptors (Lipinski definition) is 2. The number of aromatic nitrogens is 1. The monoisotopic (exact) mass is 264 g/mol. The molecule has 18 heavy (non-hydrogen) atoms. The van der Waals surface area contributed by atoms with Gasteiger partial charge < -0.3 is 5.32 Å². The van der Waals surface area contributed by atoms with Crippen LogP contribution in [0.2, 0.25) is 5.15 Å². The van der Waals surface area contributed by atoms with Crippen LogP contribution in [0.1, 0.15) is 37.7 Å². The highest BCUT2D eigenvalue weighted by atomic mass is 35.5. The zero-order chi connectivity index (χ0) is 13.0. The van der Waals surface area contributed by atoms with Crippen LogP contribution < -0.4 is 5.32 Å². The minimum atomic E-state index is -0.0162. The maximum Gasteiger partial charge on any atom is 0.228 e. The number of amides is 1. The molecule has 0 atom stereocenters. The molecule has 0 bridgehead atoms. The molecule has 2 rings (SSSR count). The molecule has 1 aliphatic rings. The van der Waals surface area contributed by atoms with Crippen molar-refractivity contribution in [2.24, 2.45) is 0 Å². The van der Waals surface area contributed by atoms with E-state index in [9.17, 15) is 4.79 Å². The van der Waals surface area contributed by atoms with Gasteiger partial charge in [-0.15, -0.1) is 0 Å². The second-order valence-electron chi connectivity index (χ2n) is 4.68. The van der Waals surface area contributed by atoms with Gasteiger partial charge in [-0.3, -0.25) is 4.79 Å². The molecule has 3 nitrogen and oxygen atoms in total. The van der Waals surface area contributed by atoms with Crippen LogP contribution in [0.25, 0.3) is 0 Å². The summed E-state index contributed by atoms with van der Waals surface area (Å²) in [5.74, 6) is -0.0162. The van der Waals surface area contributed by atoms with Gasteiger partial charge in [-0.25, -0.2) is 4.98 Å². The van der Waals surface area contributed by atoms with E-state index in [-0.39, 0.29) is 5.91 Å². The Hall–Kier alpha value is -1.35. The predicted molar refractivity (Wildman–Crippen MR) is 73.8 cm³/mol. The van der Waals surface area contributed by atoms with E-state index >= 15 is 0 Å². The number of carbonyl (C=O) groups is 1. The van der Waals surface area contributed by atoms with Crippen molar-refractivity contribution in [2.45, 2.75) is 39.0 Å². The fourth-order valence-corrected chi connectivity index (χ4v) is 2.26. The van der Waals surface area contributed by atoms with Crippen LogP contribution in [-0.2, 0) is 4.79 Å². The Kier molecular flexibility index (Phi) is 4.37. The van der Waals surface area contributed by atoms with Crippen LogP contribution in [0.5, 0.6) is 0 Å². The normalized spacial score (nSPS) is 15.1. The molecule has 0 saturated carbocycles. The van der Waals surface area contributed by atoms with E-state index in [2.05, 4.69) is 16.4 Å².